The molecule has 0 atom stereocenters. The minimum Gasteiger partial charge on any atom is -0.385 e. The highest BCUT2D eigenvalue weighted by Crippen LogP contribution is 2.34. The van der Waals surface area contributed by atoms with Gasteiger partial charge in [-0.2, -0.15) is 0 Å². The molecule has 1 aromatic heterocycles. The number of nitrogens with two attached hydrogens (primary N) is 1. The summed E-state index contributed by atoms with van der Waals surface area (Å²) in [4.78, 5) is 9.95. The Morgan fingerprint density at radius 1 is 1.43 bits per heavy atom. The lowest BCUT2D eigenvalue weighted by atomic mass is 10.4. The van der Waals surface area contributed by atoms with Crippen molar-refractivity contribution in [1.29, 1.82) is 0 Å². The molecule has 0 bridgehead atoms. The van der Waals surface area contributed by atoms with E-state index >= 15 is 0 Å². The highest BCUT2D eigenvalue weighted by molar-refractivity contribution is 7.91. The Balaban J connectivity index is 2.47. The fourth-order valence-electron chi connectivity index (χ4n) is 1.45. The predicted molar refractivity (Wildman–Crippen MR) is 80.9 cm³/mol. The van der Waals surface area contributed by atoms with E-state index in [-0.39, 0.29) is 21.4 Å². The summed E-state index contributed by atoms with van der Waals surface area (Å²) >= 11 is 0.679. The van der Waals surface area contributed by atoms with Gasteiger partial charge in [-0.3, -0.25) is 10.1 Å². The van der Waals surface area contributed by atoms with Crippen LogP contribution in [0, 0.1) is 10.1 Å². The van der Waals surface area contributed by atoms with Crippen molar-refractivity contribution in [3.05, 3.63) is 16.2 Å². The molecule has 1 rings (SSSR count). The number of ether oxygens (including phenoxy) is 1. The lowest BCUT2D eigenvalue weighted by Crippen LogP contribution is -2.24. The van der Waals surface area contributed by atoms with Gasteiger partial charge in [-0.25, -0.2) is 13.1 Å². The molecule has 10 heteroatoms. The molecular formula is C11H19N3O5S2. The summed E-state index contributed by atoms with van der Waals surface area (Å²) in [7, 11) is -3.76. The van der Waals surface area contributed by atoms with E-state index in [0.29, 0.717) is 31.0 Å². The number of anilines is 1. The third kappa shape index (κ3) is 5.58. The summed E-state index contributed by atoms with van der Waals surface area (Å²) < 4.78 is 31.4. The smallest absolute Gasteiger partial charge is 0.304 e. The number of sulfonamides is 1. The van der Waals surface area contributed by atoms with Crippen molar-refractivity contribution in [2.45, 2.75) is 30.4 Å². The summed E-state index contributed by atoms with van der Waals surface area (Å²) in [5.74, 6) is 0. The Bertz CT molecular complexity index is 570. The van der Waals surface area contributed by atoms with Gasteiger partial charge in [0.15, 0.2) is 5.00 Å². The first kappa shape index (κ1) is 17.8. The van der Waals surface area contributed by atoms with Crippen LogP contribution in [0.2, 0.25) is 0 Å². The maximum absolute atomic E-state index is 11.9. The van der Waals surface area contributed by atoms with Gasteiger partial charge in [-0.15, -0.1) is 0 Å². The van der Waals surface area contributed by atoms with Crippen LogP contribution in [0.15, 0.2) is 10.3 Å². The molecule has 0 amide bonds. The van der Waals surface area contributed by atoms with E-state index in [4.69, 9.17) is 10.5 Å². The molecule has 1 aromatic rings. The molecule has 1 heterocycles. The molecule has 120 valence electrons. The molecule has 0 saturated heterocycles. The number of hydrogen-bond acceptors (Lipinski definition) is 7. The lowest BCUT2D eigenvalue weighted by molar-refractivity contribution is -0.383. The first-order chi connectivity index (χ1) is 9.88. The molecule has 0 radical (unpaired) electrons. The van der Waals surface area contributed by atoms with Crippen LogP contribution in [-0.4, -0.2) is 33.1 Å². The van der Waals surface area contributed by atoms with Crippen LogP contribution in [0.1, 0.15) is 26.2 Å². The number of hydrogen-bond donors (Lipinski definition) is 2. The summed E-state index contributed by atoms with van der Waals surface area (Å²) in [5.41, 5.74) is 5.04. The van der Waals surface area contributed by atoms with Crippen molar-refractivity contribution in [1.82, 2.24) is 4.72 Å². The molecule has 0 spiro atoms. The minimum atomic E-state index is -3.76. The molecule has 0 unspecified atom stereocenters. The van der Waals surface area contributed by atoms with Crippen LogP contribution >= 0.6 is 11.3 Å². The quantitative estimate of drug-likeness (QED) is 0.380. The molecule has 3 N–H and O–H groups in total. The number of unbranched alkanes of at least 4 members (excludes halogenated alkanes) is 1. The van der Waals surface area contributed by atoms with E-state index < -0.39 is 14.9 Å². The number of nitrogens with zero attached hydrogens (tertiary/aromatic N) is 1. The van der Waals surface area contributed by atoms with Crippen LogP contribution in [0.25, 0.3) is 0 Å². The van der Waals surface area contributed by atoms with Crippen molar-refractivity contribution >= 4 is 32.0 Å². The second-order valence-electron chi connectivity index (χ2n) is 4.29. The Hall–Kier alpha value is -1.23. The highest BCUT2D eigenvalue weighted by atomic mass is 32.2. The standard InChI is InChI=1S/C11H19N3O5S2/c1-2-3-6-19-7-4-5-13-21(17,18)10-8-9(14(15)16)11(12)20-10/h8,13H,2-7,12H2,1H3. The zero-order valence-electron chi connectivity index (χ0n) is 11.7. The largest absolute Gasteiger partial charge is 0.385 e. The number of rotatable bonds is 10. The summed E-state index contributed by atoms with van der Waals surface area (Å²) in [5, 5.41) is 10.5. The monoisotopic (exact) mass is 337 g/mol. The molecule has 0 aromatic carbocycles. The van der Waals surface area contributed by atoms with Gasteiger partial charge in [0.2, 0.25) is 10.0 Å². The Morgan fingerprint density at radius 3 is 2.67 bits per heavy atom. The normalized spacial score (nSPS) is 11.7. The molecular weight excluding hydrogens is 318 g/mol. The van der Waals surface area contributed by atoms with Gasteiger partial charge >= 0.3 is 5.69 Å². The van der Waals surface area contributed by atoms with Crippen molar-refractivity contribution < 1.29 is 18.1 Å². The first-order valence-corrected chi connectivity index (χ1v) is 8.79. The van der Waals surface area contributed by atoms with Crippen LogP contribution in [0.3, 0.4) is 0 Å². The van der Waals surface area contributed by atoms with Gasteiger partial charge in [-0.05, 0) is 12.8 Å². The summed E-state index contributed by atoms with van der Waals surface area (Å²) in [6.45, 7) is 3.40. The van der Waals surface area contributed by atoms with Crippen LogP contribution < -0.4 is 10.5 Å². The Kier molecular flexibility index (Phi) is 7.02. The van der Waals surface area contributed by atoms with Gasteiger partial charge in [0.1, 0.15) is 4.21 Å². The van der Waals surface area contributed by atoms with E-state index in [2.05, 4.69) is 11.6 Å². The second kappa shape index (κ2) is 8.27. The number of nitro groups is 1. The maximum Gasteiger partial charge on any atom is 0.304 e. The van der Waals surface area contributed by atoms with E-state index in [1.165, 1.54) is 0 Å². The van der Waals surface area contributed by atoms with Gasteiger partial charge in [0.25, 0.3) is 0 Å². The zero-order valence-corrected chi connectivity index (χ0v) is 13.3. The van der Waals surface area contributed by atoms with Crippen molar-refractivity contribution in [2.24, 2.45) is 0 Å². The topological polar surface area (TPSA) is 125 Å². The molecule has 0 saturated carbocycles. The van der Waals surface area contributed by atoms with Crippen molar-refractivity contribution in [3.63, 3.8) is 0 Å². The van der Waals surface area contributed by atoms with Gasteiger partial charge in [0, 0.05) is 25.8 Å². The number of thiophene rings is 1. The molecule has 0 aliphatic heterocycles. The SMILES string of the molecule is CCCCOCCCNS(=O)(=O)c1cc([N+](=O)[O-])c(N)s1. The molecule has 0 aliphatic carbocycles. The molecule has 21 heavy (non-hydrogen) atoms. The van der Waals surface area contributed by atoms with Crippen LogP contribution in [0.4, 0.5) is 10.7 Å². The van der Waals surface area contributed by atoms with Crippen LogP contribution in [-0.2, 0) is 14.8 Å². The summed E-state index contributed by atoms with van der Waals surface area (Å²) in [6.07, 6.45) is 2.56. The average Bonchev–Trinajstić information content (AvgIpc) is 2.81. The maximum atomic E-state index is 11.9. The van der Waals surface area contributed by atoms with Gasteiger partial charge in [0.05, 0.1) is 4.92 Å². The van der Waals surface area contributed by atoms with E-state index in [1.807, 2.05) is 0 Å². The fourth-order valence-corrected chi connectivity index (χ4v) is 3.78. The predicted octanol–water partition coefficient (Wildman–Crippen LogP) is 1.72. The molecule has 0 aliphatic rings. The third-order valence-electron chi connectivity index (χ3n) is 2.58. The fraction of sp³-hybridized carbons (Fsp3) is 0.636. The Morgan fingerprint density at radius 2 is 2.10 bits per heavy atom. The van der Waals surface area contributed by atoms with E-state index in [9.17, 15) is 18.5 Å². The number of nitrogens with one attached hydrogen (secondary N) is 1. The average molecular weight is 337 g/mol. The van der Waals surface area contributed by atoms with E-state index in [1.54, 1.807) is 0 Å². The van der Waals surface area contributed by atoms with Crippen LogP contribution in [0.5, 0.6) is 0 Å². The van der Waals surface area contributed by atoms with Gasteiger partial charge in [-0.1, -0.05) is 24.7 Å². The van der Waals surface area contributed by atoms with Crippen molar-refractivity contribution in [2.75, 3.05) is 25.5 Å². The molecule has 0 fully saturated rings. The first-order valence-electron chi connectivity index (χ1n) is 6.49. The zero-order chi connectivity index (χ0) is 15.9. The van der Waals surface area contributed by atoms with Crippen molar-refractivity contribution in [3.8, 4) is 0 Å². The lowest BCUT2D eigenvalue weighted by Gasteiger charge is -2.05. The highest BCUT2D eigenvalue weighted by Gasteiger charge is 2.24. The number of nitrogen functional groups attached to an aromatic ring is 1. The van der Waals surface area contributed by atoms with E-state index in [0.717, 1.165) is 18.9 Å². The Labute approximate surface area is 127 Å². The summed E-state index contributed by atoms with van der Waals surface area (Å²) in [6, 6.07) is 0.972. The van der Waals surface area contributed by atoms with Gasteiger partial charge < -0.3 is 10.5 Å². The molecule has 8 nitrogen and oxygen atoms in total. The third-order valence-corrected chi connectivity index (χ3v) is 5.47. The second-order valence-corrected chi connectivity index (χ2v) is 7.37. The minimum absolute atomic E-state index is 0.122.